The van der Waals surface area contributed by atoms with E-state index in [-0.39, 0.29) is 31.4 Å². The molecule has 1 aliphatic heterocycles. The average Bonchev–Trinajstić information content (AvgIpc) is 2.82. The van der Waals surface area contributed by atoms with Crippen molar-refractivity contribution < 1.29 is 32.9 Å². The molecule has 5 nitrogen and oxygen atoms in total. The van der Waals surface area contributed by atoms with Gasteiger partial charge in [-0.1, -0.05) is 36.8 Å². The summed E-state index contributed by atoms with van der Waals surface area (Å²) in [5.74, 6) is -1.23. The molecular weight excluding hydrogens is 447 g/mol. The first-order valence-corrected chi connectivity index (χ1v) is 11.8. The highest BCUT2D eigenvalue weighted by Gasteiger charge is 2.44. The summed E-state index contributed by atoms with van der Waals surface area (Å²) in [5.41, 5.74) is -0.0539. The van der Waals surface area contributed by atoms with E-state index in [1.807, 2.05) is 36.1 Å². The van der Waals surface area contributed by atoms with E-state index < -0.39 is 17.5 Å². The molecule has 2 aromatic carbocycles. The summed E-state index contributed by atoms with van der Waals surface area (Å²) >= 11 is 0. The molecular formula is C26H34F3NO4. The summed E-state index contributed by atoms with van der Waals surface area (Å²) in [7, 11) is 0. The quantitative estimate of drug-likeness (QED) is 0.454. The molecule has 8 heteroatoms. The standard InChI is InChI=1S/C26H34F3NO4/c1-20(18-21-10-12-22(13-11-21)33-16-7-3-2-6-15-31)30-14-17-34-25(32,19-30)23-8-4-5-9-24(23)26(27,28)29/h4-5,8-13,20,31-32H,2-3,6-7,14-19H2,1H3. The zero-order valence-corrected chi connectivity index (χ0v) is 19.6. The number of rotatable bonds is 11. The van der Waals surface area contributed by atoms with Crippen molar-refractivity contribution in [1.29, 1.82) is 0 Å². The minimum Gasteiger partial charge on any atom is -0.494 e. The molecule has 0 amide bonds. The number of nitrogens with zero attached hydrogens (tertiary/aromatic N) is 1. The van der Waals surface area contributed by atoms with Crippen molar-refractivity contribution in [3.05, 3.63) is 65.2 Å². The van der Waals surface area contributed by atoms with Gasteiger partial charge in [-0.2, -0.15) is 13.2 Å². The van der Waals surface area contributed by atoms with E-state index in [1.165, 1.54) is 18.2 Å². The highest BCUT2D eigenvalue weighted by Crippen LogP contribution is 2.39. The summed E-state index contributed by atoms with van der Waals surface area (Å²) in [4.78, 5) is 1.97. The maximum absolute atomic E-state index is 13.5. The van der Waals surface area contributed by atoms with Crippen molar-refractivity contribution in [3.8, 4) is 5.75 Å². The fourth-order valence-corrected chi connectivity index (χ4v) is 4.29. The van der Waals surface area contributed by atoms with Crippen molar-refractivity contribution in [2.45, 2.75) is 57.0 Å². The second-order valence-electron chi connectivity index (χ2n) is 8.83. The van der Waals surface area contributed by atoms with Gasteiger partial charge in [-0.05, 0) is 56.4 Å². The van der Waals surface area contributed by atoms with E-state index in [2.05, 4.69) is 0 Å². The van der Waals surface area contributed by atoms with Crippen LogP contribution in [0.2, 0.25) is 0 Å². The summed E-state index contributed by atoms with van der Waals surface area (Å²) < 4.78 is 51.7. The van der Waals surface area contributed by atoms with Crippen molar-refractivity contribution in [2.75, 3.05) is 32.9 Å². The van der Waals surface area contributed by atoms with Gasteiger partial charge in [0, 0.05) is 24.8 Å². The van der Waals surface area contributed by atoms with Gasteiger partial charge in [0.15, 0.2) is 0 Å². The van der Waals surface area contributed by atoms with Gasteiger partial charge in [-0.25, -0.2) is 0 Å². The second-order valence-corrected chi connectivity index (χ2v) is 8.83. The third kappa shape index (κ3) is 7.18. The summed E-state index contributed by atoms with van der Waals surface area (Å²) in [6.45, 7) is 3.47. The molecule has 0 radical (unpaired) electrons. The first-order chi connectivity index (χ1) is 16.2. The van der Waals surface area contributed by atoms with Gasteiger partial charge in [-0.3, -0.25) is 4.90 Å². The number of hydrogen-bond acceptors (Lipinski definition) is 5. The van der Waals surface area contributed by atoms with E-state index in [4.69, 9.17) is 14.6 Å². The number of benzene rings is 2. The number of aliphatic hydroxyl groups excluding tert-OH is 1. The number of β-amino-alcohol motifs (C(OH)–C–C–N with tert-alkyl or cyclic N) is 1. The monoisotopic (exact) mass is 481 g/mol. The largest absolute Gasteiger partial charge is 0.494 e. The Morgan fingerprint density at radius 1 is 1.06 bits per heavy atom. The fraction of sp³-hybridized carbons (Fsp3) is 0.538. The van der Waals surface area contributed by atoms with Crippen LogP contribution in [0.5, 0.6) is 5.75 Å². The molecule has 3 rings (SSSR count). The molecule has 1 fully saturated rings. The lowest BCUT2D eigenvalue weighted by atomic mass is 9.96. The van der Waals surface area contributed by atoms with E-state index in [9.17, 15) is 18.3 Å². The maximum Gasteiger partial charge on any atom is 0.416 e. The molecule has 1 saturated heterocycles. The van der Waals surface area contributed by atoms with E-state index in [1.54, 1.807) is 0 Å². The molecule has 34 heavy (non-hydrogen) atoms. The SMILES string of the molecule is CC(Cc1ccc(OCCCCCCO)cc1)N1CCOC(O)(c2ccccc2C(F)(F)F)C1. The van der Waals surface area contributed by atoms with E-state index >= 15 is 0 Å². The lowest BCUT2D eigenvalue weighted by Crippen LogP contribution is -2.53. The summed E-state index contributed by atoms with van der Waals surface area (Å²) in [6.07, 6.45) is -0.117. The minimum atomic E-state index is -4.58. The predicted octanol–water partition coefficient (Wildman–Crippen LogP) is 4.75. The summed E-state index contributed by atoms with van der Waals surface area (Å²) in [6, 6.07) is 12.9. The molecule has 1 aliphatic rings. The smallest absolute Gasteiger partial charge is 0.416 e. The Labute approximate surface area is 199 Å². The van der Waals surface area contributed by atoms with Crippen molar-refractivity contribution >= 4 is 0 Å². The first-order valence-electron chi connectivity index (χ1n) is 11.8. The second kappa shape index (κ2) is 12.0. The van der Waals surface area contributed by atoms with Gasteiger partial charge in [0.25, 0.3) is 0 Å². The Kier molecular flexibility index (Phi) is 9.36. The van der Waals surface area contributed by atoms with Crippen molar-refractivity contribution in [3.63, 3.8) is 0 Å². The molecule has 0 saturated carbocycles. The number of aliphatic hydroxyl groups is 2. The summed E-state index contributed by atoms with van der Waals surface area (Å²) in [5, 5.41) is 19.9. The molecule has 2 atom stereocenters. The van der Waals surface area contributed by atoms with Crippen LogP contribution >= 0.6 is 0 Å². The highest BCUT2D eigenvalue weighted by molar-refractivity contribution is 5.34. The topological polar surface area (TPSA) is 62.2 Å². The van der Waals surface area contributed by atoms with Crippen LogP contribution in [0, 0.1) is 0 Å². The number of morpholine rings is 1. The number of halogens is 3. The fourth-order valence-electron chi connectivity index (χ4n) is 4.29. The van der Waals surface area contributed by atoms with Gasteiger partial charge >= 0.3 is 6.18 Å². The predicted molar refractivity (Wildman–Crippen MR) is 124 cm³/mol. The Morgan fingerprint density at radius 3 is 2.47 bits per heavy atom. The number of unbranched alkanes of at least 4 members (excludes halogenated alkanes) is 3. The van der Waals surface area contributed by atoms with Crippen LogP contribution < -0.4 is 4.74 Å². The third-order valence-corrected chi connectivity index (χ3v) is 6.19. The molecule has 0 aliphatic carbocycles. The van der Waals surface area contributed by atoms with Crippen LogP contribution in [0.15, 0.2) is 48.5 Å². The third-order valence-electron chi connectivity index (χ3n) is 6.19. The number of alkyl halides is 3. The molecule has 2 aromatic rings. The van der Waals surface area contributed by atoms with Gasteiger partial charge in [0.1, 0.15) is 5.75 Å². The Bertz CT molecular complexity index is 890. The zero-order valence-electron chi connectivity index (χ0n) is 19.6. The van der Waals surface area contributed by atoms with E-state index in [0.29, 0.717) is 19.6 Å². The van der Waals surface area contributed by atoms with Crippen LogP contribution in [0.4, 0.5) is 13.2 Å². The zero-order chi connectivity index (χ0) is 24.6. The van der Waals surface area contributed by atoms with Crippen LogP contribution in [0.3, 0.4) is 0 Å². The molecule has 0 bridgehead atoms. The van der Waals surface area contributed by atoms with E-state index in [0.717, 1.165) is 43.1 Å². The van der Waals surface area contributed by atoms with Gasteiger partial charge in [0.05, 0.1) is 25.3 Å². The van der Waals surface area contributed by atoms with Gasteiger partial charge in [-0.15, -0.1) is 0 Å². The lowest BCUT2D eigenvalue weighted by Gasteiger charge is -2.42. The number of ether oxygens (including phenoxy) is 2. The van der Waals surface area contributed by atoms with Gasteiger partial charge in [0.2, 0.25) is 5.79 Å². The van der Waals surface area contributed by atoms with Crippen molar-refractivity contribution in [2.24, 2.45) is 0 Å². The molecule has 0 spiro atoms. The maximum atomic E-state index is 13.5. The molecule has 2 unspecified atom stereocenters. The Morgan fingerprint density at radius 2 is 1.76 bits per heavy atom. The van der Waals surface area contributed by atoms with Crippen LogP contribution in [-0.2, 0) is 23.1 Å². The van der Waals surface area contributed by atoms with Gasteiger partial charge < -0.3 is 19.7 Å². The minimum absolute atomic E-state index is 0.00762. The average molecular weight is 482 g/mol. The van der Waals surface area contributed by atoms with Crippen LogP contribution in [0.25, 0.3) is 0 Å². The molecule has 1 heterocycles. The lowest BCUT2D eigenvalue weighted by molar-refractivity contribution is -0.255. The first kappa shape index (κ1) is 26.5. The molecule has 2 N–H and O–H groups in total. The molecule has 188 valence electrons. The molecule has 0 aromatic heterocycles. The van der Waals surface area contributed by atoms with Crippen molar-refractivity contribution in [1.82, 2.24) is 4.90 Å². The Balaban J connectivity index is 1.57. The van der Waals surface area contributed by atoms with Crippen LogP contribution in [0.1, 0.15) is 49.3 Å². The van der Waals surface area contributed by atoms with Crippen LogP contribution in [-0.4, -0.2) is 54.1 Å². The Hall–Kier alpha value is -2.13. The normalized spacial score (nSPS) is 20.3. The highest BCUT2D eigenvalue weighted by atomic mass is 19.4. The number of hydrogen-bond donors (Lipinski definition) is 2.